The fourth-order valence-electron chi connectivity index (χ4n) is 2.05. The summed E-state index contributed by atoms with van der Waals surface area (Å²) in [5, 5.41) is 7.43. The second-order valence-electron chi connectivity index (χ2n) is 4.54. The van der Waals surface area contributed by atoms with E-state index in [0.29, 0.717) is 12.3 Å². The molecule has 0 unspecified atom stereocenters. The van der Waals surface area contributed by atoms with Crippen LogP contribution in [0.3, 0.4) is 0 Å². The van der Waals surface area contributed by atoms with E-state index >= 15 is 0 Å². The number of hydrogen-bond acceptors (Lipinski definition) is 2. The van der Waals surface area contributed by atoms with Crippen LogP contribution in [0.25, 0.3) is 11.1 Å². The van der Waals surface area contributed by atoms with Gasteiger partial charge < -0.3 is 4.74 Å². The summed E-state index contributed by atoms with van der Waals surface area (Å²) in [5.41, 5.74) is 3.80. The highest BCUT2D eigenvalue weighted by atomic mass is 16.5. The fraction of sp³-hybridized carbons (Fsp3) is 0.235. The van der Waals surface area contributed by atoms with Crippen molar-refractivity contribution in [3.63, 3.8) is 0 Å². The Bertz CT molecular complexity index is 517. The summed E-state index contributed by atoms with van der Waals surface area (Å²) in [6.07, 6.45) is 2.65. The van der Waals surface area contributed by atoms with Crippen LogP contribution in [0.5, 0.6) is 0 Å². The van der Waals surface area contributed by atoms with Crippen molar-refractivity contribution in [2.24, 2.45) is 0 Å². The van der Waals surface area contributed by atoms with Crippen molar-refractivity contribution in [2.45, 2.75) is 19.3 Å². The van der Waals surface area contributed by atoms with Crippen LogP contribution in [0, 0.1) is 5.41 Å². The lowest BCUT2D eigenvalue weighted by atomic mass is 10.0. The van der Waals surface area contributed by atoms with Crippen molar-refractivity contribution in [1.29, 1.82) is 5.41 Å². The molecular weight excluding hydrogens is 234 g/mol. The Hall–Kier alpha value is -2.09. The lowest BCUT2D eigenvalue weighted by molar-refractivity contribution is 0.384. The minimum atomic E-state index is 0.362. The molecule has 0 fully saturated rings. The minimum Gasteiger partial charge on any atom is -0.484 e. The van der Waals surface area contributed by atoms with Gasteiger partial charge in [-0.1, -0.05) is 54.6 Å². The van der Waals surface area contributed by atoms with Crippen LogP contribution in [0.4, 0.5) is 0 Å². The quantitative estimate of drug-likeness (QED) is 0.625. The molecule has 0 aliphatic heterocycles. The van der Waals surface area contributed by atoms with E-state index in [9.17, 15) is 0 Å². The standard InChI is InChI=1S/C17H19NO/c1-19-17(18)9-5-6-14-10-12-16(13-11-14)15-7-3-2-4-8-15/h2-4,7-8,10-13,18H,5-6,9H2,1H3. The van der Waals surface area contributed by atoms with Crippen molar-refractivity contribution in [1.82, 2.24) is 0 Å². The second-order valence-corrected chi connectivity index (χ2v) is 4.54. The SMILES string of the molecule is COC(=N)CCCc1ccc(-c2ccccc2)cc1. The molecule has 0 heterocycles. The summed E-state index contributed by atoms with van der Waals surface area (Å²) < 4.78 is 4.85. The zero-order valence-corrected chi connectivity index (χ0v) is 11.2. The topological polar surface area (TPSA) is 33.1 Å². The van der Waals surface area contributed by atoms with Crippen molar-refractivity contribution in [2.75, 3.05) is 7.11 Å². The summed E-state index contributed by atoms with van der Waals surface area (Å²) in [7, 11) is 1.55. The summed E-state index contributed by atoms with van der Waals surface area (Å²) in [5.74, 6) is 0.362. The van der Waals surface area contributed by atoms with Gasteiger partial charge in [-0.05, 0) is 29.5 Å². The molecule has 0 aliphatic rings. The molecule has 0 bridgehead atoms. The van der Waals surface area contributed by atoms with Crippen LogP contribution in [-0.2, 0) is 11.2 Å². The van der Waals surface area contributed by atoms with E-state index < -0.39 is 0 Å². The average molecular weight is 253 g/mol. The molecule has 2 aromatic rings. The van der Waals surface area contributed by atoms with Crippen molar-refractivity contribution in [3.8, 4) is 11.1 Å². The first-order valence-electron chi connectivity index (χ1n) is 6.55. The van der Waals surface area contributed by atoms with Gasteiger partial charge in [-0.3, -0.25) is 5.41 Å². The molecule has 1 N–H and O–H groups in total. The Kier molecular flexibility index (Phi) is 4.73. The Labute approximate surface area is 114 Å². The molecule has 2 aromatic carbocycles. The van der Waals surface area contributed by atoms with Crippen molar-refractivity contribution in [3.05, 3.63) is 60.2 Å². The maximum absolute atomic E-state index is 7.43. The third kappa shape index (κ3) is 3.95. The Morgan fingerprint density at radius 2 is 1.58 bits per heavy atom. The first-order chi connectivity index (χ1) is 9.29. The maximum atomic E-state index is 7.43. The number of aryl methyl sites for hydroxylation is 1. The molecule has 2 heteroatoms. The van der Waals surface area contributed by atoms with E-state index in [4.69, 9.17) is 10.1 Å². The van der Waals surface area contributed by atoms with E-state index in [1.807, 2.05) is 6.07 Å². The van der Waals surface area contributed by atoms with Gasteiger partial charge in [0.25, 0.3) is 0 Å². The molecule has 19 heavy (non-hydrogen) atoms. The van der Waals surface area contributed by atoms with Gasteiger partial charge in [-0.25, -0.2) is 0 Å². The Morgan fingerprint density at radius 3 is 2.21 bits per heavy atom. The second kappa shape index (κ2) is 6.74. The molecule has 0 saturated heterocycles. The first-order valence-corrected chi connectivity index (χ1v) is 6.55. The molecule has 0 aromatic heterocycles. The number of nitrogens with one attached hydrogen (secondary N) is 1. The van der Waals surface area contributed by atoms with E-state index in [2.05, 4.69) is 48.5 Å². The molecule has 0 saturated carbocycles. The third-order valence-electron chi connectivity index (χ3n) is 3.18. The number of ether oxygens (including phenoxy) is 1. The van der Waals surface area contributed by atoms with Crippen LogP contribution in [-0.4, -0.2) is 13.0 Å². The molecule has 0 atom stereocenters. The molecule has 0 radical (unpaired) electrons. The van der Waals surface area contributed by atoms with Gasteiger partial charge in [-0.2, -0.15) is 0 Å². The summed E-state index contributed by atoms with van der Waals surface area (Å²) >= 11 is 0. The molecular formula is C17H19NO. The van der Waals surface area contributed by atoms with Crippen LogP contribution in [0.15, 0.2) is 54.6 Å². The van der Waals surface area contributed by atoms with Gasteiger partial charge in [0, 0.05) is 6.42 Å². The monoisotopic (exact) mass is 253 g/mol. The number of benzene rings is 2. The third-order valence-corrected chi connectivity index (χ3v) is 3.18. The van der Waals surface area contributed by atoms with Crippen LogP contribution in [0.2, 0.25) is 0 Å². The molecule has 0 aliphatic carbocycles. The first kappa shape index (κ1) is 13.3. The van der Waals surface area contributed by atoms with E-state index in [0.717, 1.165) is 12.8 Å². The summed E-state index contributed by atoms with van der Waals surface area (Å²) in [6.45, 7) is 0. The summed E-state index contributed by atoms with van der Waals surface area (Å²) in [4.78, 5) is 0. The smallest absolute Gasteiger partial charge is 0.180 e. The van der Waals surface area contributed by atoms with Gasteiger partial charge in [0.15, 0.2) is 5.90 Å². The zero-order valence-electron chi connectivity index (χ0n) is 11.2. The molecule has 0 amide bonds. The predicted octanol–water partition coefficient (Wildman–Crippen LogP) is 4.30. The molecule has 98 valence electrons. The lowest BCUT2D eigenvalue weighted by Gasteiger charge is -2.05. The van der Waals surface area contributed by atoms with Gasteiger partial charge in [0.1, 0.15) is 0 Å². The highest BCUT2D eigenvalue weighted by Gasteiger charge is 1.99. The highest BCUT2D eigenvalue weighted by Crippen LogP contribution is 2.19. The Morgan fingerprint density at radius 1 is 0.947 bits per heavy atom. The van der Waals surface area contributed by atoms with Crippen LogP contribution < -0.4 is 0 Å². The van der Waals surface area contributed by atoms with Crippen LogP contribution in [0.1, 0.15) is 18.4 Å². The lowest BCUT2D eigenvalue weighted by Crippen LogP contribution is -1.99. The van der Waals surface area contributed by atoms with Gasteiger partial charge in [0.05, 0.1) is 7.11 Å². The number of methoxy groups -OCH3 is 1. The number of hydrogen-bond donors (Lipinski definition) is 1. The largest absolute Gasteiger partial charge is 0.484 e. The molecule has 0 spiro atoms. The fourth-order valence-corrected chi connectivity index (χ4v) is 2.05. The molecule has 2 nitrogen and oxygen atoms in total. The van der Waals surface area contributed by atoms with E-state index in [1.165, 1.54) is 16.7 Å². The van der Waals surface area contributed by atoms with Gasteiger partial charge in [0.2, 0.25) is 0 Å². The Balaban J connectivity index is 1.94. The van der Waals surface area contributed by atoms with Gasteiger partial charge >= 0.3 is 0 Å². The van der Waals surface area contributed by atoms with Crippen molar-refractivity contribution < 1.29 is 4.74 Å². The molecule has 2 rings (SSSR count). The number of rotatable bonds is 5. The highest BCUT2D eigenvalue weighted by molar-refractivity contribution is 5.72. The van der Waals surface area contributed by atoms with E-state index in [-0.39, 0.29) is 0 Å². The van der Waals surface area contributed by atoms with E-state index in [1.54, 1.807) is 7.11 Å². The summed E-state index contributed by atoms with van der Waals surface area (Å²) in [6, 6.07) is 19.0. The predicted molar refractivity (Wildman–Crippen MR) is 79.6 cm³/mol. The maximum Gasteiger partial charge on any atom is 0.180 e. The van der Waals surface area contributed by atoms with Crippen molar-refractivity contribution >= 4 is 5.90 Å². The normalized spacial score (nSPS) is 10.2. The van der Waals surface area contributed by atoms with Gasteiger partial charge in [-0.15, -0.1) is 0 Å². The minimum absolute atomic E-state index is 0.362. The zero-order chi connectivity index (χ0) is 13.5. The van der Waals surface area contributed by atoms with Crippen LogP contribution >= 0.6 is 0 Å². The average Bonchev–Trinajstić information content (AvgIpc) is 2.48.